The second-order valence-corrected chi connectivity index (χ2v) is 6.50. The van der Waals surface area contributed by atoms with E-state index in [1.807, 2.05) is 0 Å². The van der Waals surface area contributed by atoms with Crippen molar-refractivity contribution in [1.82, 2.24) is 4.90 Å². The summed E-state index contributed by atoms with van der Waals surface area (Å²) in [5.41, 5.74) is 1.16. The molecule has 2 aliphatic rings. The lowest BCUT2D eigenvalue weighted by Crippen LogP contribution is -2.54. The molecule has 2 aromatic carbocycles. The molecule has 2 amide bonds. The summed E-state index contributed by atoms with van der Waals surface area (Å²) < 4.78 is 15.3. The number of carbonyl (C=O) groups excluding carboxylic acids is 3. The van der Waals surface area contributed by atoms with E-state index < -0.39 is 5.97 Å². The van der Waals surface area contributed by atoms with Gasteiger partial charge in [0.05, 0.1) is 24.3 Å². The Morgan fingerprint density at radius 3 is 2.61 bits per heavy atom. The molecule has 1 fully saturated rings. The first-order chi connectivity index (χ1) is 13.6. The van der Waals surface area contributed by atoms with Gasteiger partial charge in [0.2, 0.25) is 12.7 Å². The Balaban J connectivity index is 1.37. The van der Waals surface area contributed by atoms with Crippen LogP contribution in [0, 0.1) is 5.92 Å². The van der Waals surface area contributed by atoms with Crippen molar-refractivity contribution in [3.05, 3.63) is 53.6 Å². The molecule has 144 valence electrons. The van der Waals surface area contributed by atoms with Crippen molar-refractivity contribution in [1.29, 1.82) is 0 Å². The number of carbonyl (C=O) groups is 3. The van der Waals surface area contributed by atoms with Crippen LogP contribution in [0.2, 0.25) is 0 Å². The van der Waals surface area contributed by atoms with Gasteiger partial charge >= 0.3 is 5.97 Å². The van der Waals surface area contributed by atoms with E-state index in [9.17, 15) is 14.4 Å². The SMILES string of the molecule is COC(=O)c1ccccc1NC(=O)C1CN(C(=O)c2ccc3c(c2)OCO3)C1. The predicted octanol–water partition coefficient (Wildman–Crippen LogP) is 1.91. The maximum atomic E-state index is 12.6. The normalized spacial score (nSPS) is 15.0. The van der Waals surface area contributed by atoms with Crippen LogP contribution in [0.5, 0.6) is 11.5 Å². The highest BCUT2D eigenvalue weighted by molar-refractivity contribution is 6.03. The summed E-state index contributed by atoms with van der Waals surface area (Å²) in [5.74, 6) is -0.127. The van der Waals surface area contributed by atoms with Crippen LogP contribution in [-0.4, -0.2) is 49.7 Å². The molecule has 0 atom stereocenters. The molecule has 0 bridgehead atoms. The first-order valence-corrected chi connectivity index (χ1v) is 8.74. The highest BCUT2D eigenvalue weighted by Crippen LogP contribution is 2.33. The molecule has 8 nitrogen and oxygen atoms in total. The summed E-state index contributed by atoms with van der Waals surface area (Å²) in [7, 11) is 1.28. The fourth-order valence-corrected chi connectivity index (χ4v) is 3.14. The van der Waals surface area contributed by atoms with Crippen molar-refractivity contribution in [3.63, 3.8) is 0 Å². The van der Waals surface area contributed by atoms with Crippen molar-refractivity contribution in [2.45, 2.75) is 0 Å². The van der Waals surface area contributed by atoms with Crippen LogP contribution in [0.1, 0.15) is 20.7 Å². The van der Waals surface area contributed by atoms with E-state index >= 15 is 0 Å². The molecule has 28 heavy (non-hydrogen) atoms. The lowest BCUT2D eigenvalue weighted by atomic mass is 9.97. The third-order valence-electron chi connectivity index (χ3n) is 4.75. The Labute approximate surface area is 161 Å². The number of hydrogen-bond acceptors (Lipinski definition) is 6. The highest BCUT2D eigenvalue weighted by Gasteiger charge is 2.36. The van der Waals surface area contributed by atoms with Crippen molar-refractivity contribution < 1.29 is 28.6 Å². The fourth-order valence-electron chi connectivity index (χ4n) is 3.14. The molecule has 8 heteroatoms. The summed E-state index contributed by atoms with van der Waals surface area (Å²) >= 11 is 0. The third-order valence-corrected chi connectivity index (χ3v) is 4.75. The summed E-state index contributed by atoms with van der Waals surface area (Å²) in [6.07, 6.45) is 0. The van der Waals surface area contributed by atoms with E-state index in [4.69, 9.17) is 14.2 Å². The van der Waals surface area contributed by atoms with Gasteiger partial charge in [-0.1, -0.05) is 12.1 Å². The number of fused-ring (bicyclic) bond motifs is 1. The van der Waals surface area contributed by atoms with Crippen molar-refractivity contribution in [2.75, 3.05) is 32.3 Å². The standard InChI is InChI=1S/C20H18N2O6/c1-26-20(25)14-4-2-3-5-15(14)21-18(23)13-9-22(10-13)19(24)12-6-7-16-17(8-12)28-11-27-16/h2-8,13H,9-11H2,1H3,(H,21,23). The summed E-state index contributed by atoms with van der Waals surface area (Å²) in [5, 5.41) is 2.75. The number of ether oxygens (including phenoxy) is 3. The quantitative estimate of drug-likeness (QED) is 0.812. The van der Waals surface area contributed by atoms with Gasteiger partial charge in [0.15, 0.2) is 11.5 Å². The highest BCUT2D eigenvalue weighted by atomic mass is 16.7. The summed E-state index contributed by atoms with van der Waals surface area (Å²) in [6, 6.07) is 11.6. The van der Waals surface area contributed by atoms with E-state index in [2.05, 4.69) is 5.32 Å². The number of hydrogen-bond donors (Lipinski definition) is 1. The topological polar surface area (TPSA) is 94.2 Å². The summed E-state index contributed by atoms with van der Waals surface area (Å²) in [4.78, 5) is 38.4. The average molecular weight is 382 g/mol. The molecular weight excluding hydrogens is 364 g/mol. The molecule has 2 aromatic rings. The van der Waals surface area contributed by atoms with Gasteiger partial charge in [-0.3, -0.25) is 9.59 Å². The number of esters is 1. The number of benzene rings is 2. The molecule has 2 aliphatic heterocycles. The van der Waals surface area contributed by atoms with Crippen LogP contribution in [0.15, 0.2) is 42.5 Å². The molecule has 0 aromatic heterocycles. The van der Waals surface area contributed by atoms with Crippen LogP contribution in [0.4, 0.5) is 5.69 Å². The van der Waals surface area contributed by atoms with Gasteiger partial charge in [0.25, 0.3) is 5.91 Å². The van der Waals surface area contributed by atoms with Crippen molar-refractivity contribution in [3.8, 4) is 11.5 Å². The van der Waals surface area contributed by atoms with E-state index in [1.165, 1.54) is 7.11 Å². The van der Waals surface area contributed by atoms with E-state index in [1.54, 1.807) is 47.4 Å². The van der Waals surface area contributed by atoms with Crippen molar-refractivity contribution in [2.24, 2.45) is 5.92 Å². The fraction of sp³-hybridized carbons (Fsp3) is 0.250. The Bertz CT molecular complexity index is 951. The second kappa shape index (κ2) is 7.22. The smallest absolute Gasteiger partial charge is 0.339 e. The Hall–Kier alpha value is -3.55. The molecule has 2 heterocycles. The monoisotopic (exact) mass is 382 g/mol. The maximum Gasteiger partial charge on any atom is 0.339 e. The summed E-state index contributed by atoms with van der Waals surface area (Å²) in [6.45, 7) is 0.755. The van der Waals surface area contributed by atoms with E-state index in [0.29, 0.717) is 35.8 Å². The van der Waals surface area contributed by atoms with Gasteiger partial charge in [-0.05, 0) is 30.3 Å². The first kappa shape index (κ1) is 17.8. The average Bonchev–Trinajstić information content (AvgIpc) is 3.14. The zero-order chi connectivity index (χ0) is 19.7. The molecule has 0 aliphatic carbocycles. The minimum absolute atomic E-state index is 0.145. The Kier molecular flexibility index (Phi) is 4.60. The third kappa shape index (κ3) is 3.24. The second-order valence-electron chi connectivity index (χ2n) is 6.50. The van der Waals surface area contributed by atoms with Gasteiger partial charge in [-0.15, -0.1) is 0 Å². The molecule has 0 saturated carbocycles. The minimum atomic E-state index is -0.524. The Morgan fingerprint density at radius 2 is 1.82 bits per heavy atom. The van der Waals surface area contributed by atoms with E-state index in [0.717, 1.165) is 0 Å². The largest absolute Gasteiger partial charge is 0.465 e. The minimum Gasteiger partial charge on any atom is -0.465 e. The molecule has 1 saturated heterocycles. The number of anilines is 1. The molecule has 0 spiro atoms. The number of para-hydroxylation sites is 1. The van der Waals surface area contributed by atoms with Gasteiger partial charge in [-0.25, -0.2) is 4.79 Å². The van der Waals surface area contributed by atoms with Crippen molar-refractivity contribution >= 4 is 23.5 Å². The number of likely N-dealkylation sites (tertiary alicyclic amines) is 1. The molecular formula is C20H18N2O6. The van der Waals surface area contributed by atoms with Crippen LogP contribution in [0.3, 0.4) is 0 Å². The molecule has 0 unspecified atom stereocenters. The van der Waals surface area contributed by atoms with Crippen LogP contribution in [0.25, 0.3) is 0 Å². The van der Waals surface area contributed by atoms with Crippen LogP contribution >= 0.6 is 0 Å². The first-order valence-electron chi connectivity index (χ1n) is 8.74. The van der Waals surface area contributed by atoms with Gasteiger partial charge in [-0.2, -0.15) is 0 Å². The predicted molar refractivity (Wildman–Crippen MR) is 98.4 cm³/mol. The number of methoxy groups -OCH3 is 1. The number of amides is 2. The zero-order valence-corrected chi connectivity index (χ0v) is 15.1. The zero-order valence-electron chi connectivity index (χ0n) is 15.1. The van der Waals surface area contributed by atoms with Gasteiger partial charge in [0.1, 0.15) is 0 Å². The number of nitrogens with one attached hydrogen (secondary N) is 1. The van der Waals surface area contributed by atoms with Crippen LogP contribution in [-0.2, 0) is 9.53 Å². The van der Waals surface area contributed by atoms with Crippen LogP contribution < -0.4 is 14.8 Å². The number of rotatable bonds is 4. The van der Waals surface area contributed by atoms with Gasteiger partial charge < -0.3 is 24.4 Å². The lowest BCUT2D eigenvalue weighted by molar-refractivity contribution is -0.123. The molecule has 0 radical (unpaired) electrons. The lowest BCUT2D eigenvalue weighted by Gasteiger charge is -2.38. The van der Waals surface area contributed by atoms with Gasteiger partial charge in [0, 0.05) is 18.7 Å². The number of nitrogens with zero attached hydrogens (tertiary/aromatic N) is 1. The maximum absolute atomic E-state index is 12.6. The Morgan fingerprint density at radius 1 is 1.07 bits per heavy atom. The molecule has 4 rings (SSSR count). The molecule has 1 N–H and O–H groups in total. The van der Waals surface area contributed by atoms with E-state index in [-0.39, 0.29) is 30.1 Å².